The van der Waals surface area contributed by atoms with Crippen molar-refractivity contribution >= 4 is 39.7 Å². The van der Waals surface area contributed by atoms with E-state index in [1.54, 1.807) is 6.21 Å². The number of anilines is 1. The molecule has 0 bridgehead atoms. The van der Waals surface area contributed by atoms with Gasteiger partial charge < -0.3 is 4.98 Å². The van der Waals surface area contributed by atoms with Crippen LogP contribution in [0.4, 0.5) is 5.69 Å². The van der Waals surface area contributed by atoms with E-state index in [0.29, 0.717) is 0 Å². The highest BCUT2D eigenvalue weighted by Crippen LogP contribution is 2.33. The van der Waals surface area contributed by atoms with Crippen LogP contribution in [-0.4, -0.2) is 11.2 Å². The van der Waals surface area contributed by atoms with Crippen LogP contribution in [-0.2, 0) is 0 Å². The zero-order chi connectivity index (χ0) is 11.9. The molecule has 0 saturated heterocycles. The lowest BCUT2D eigenvalue weighted by Gasteiger charge is -2.09. The molecule has 1 aromatic heterocycles. The molecule has 3 aromatic rings. The summed E-state index contributed by atoms with van der Waals surface area (Å²) in [5.41, 5.74) is 6.47. The van der Waals surface area contributed by atoms with Gasteiger partial charge in [0.05, 0.1) is 5.69 Å². The summed E-state index contributed by atoms with van der Waals surface area (Å²) in [7, 11) is 0. The predicted octanol–water partition coefficient (Wildman–Crippen LogP) is 3.75. The Kier molecular flexibility index (Phi) is 1.83. The topological polar surface area (TPSA) is 40.2 Å². The first-order valence-electron chi connectivity index (χ1n) is 5.92. The maximum Gasteiger partial charge on any atom is 0.0640 e. The molecule has 4 rings (SSSR count). The van der Waals surface area contributed by atoms with Crippen molar-refractivity contribution in [2.75, 3.05) is 5.43 Å². The van der Waals surface area contributed by atoms with Crippen molar-refractivity contribution in [3.8, 4) is 0 Å². The number of fused-ring (bicyclic) bond motifs is 5. The van der Waals surface area contributed by atoms with Gasteiger partial charge in [-0.2, -0.15) is 5.10 Å². The molecule has 86 valence electrons. The minimum atomic E-state index is 1.04. The Morgan fingerprint density at radius 3 is 2.94 bits per heavy atom. The minimum absolute atomic E-state index is 1.04. The summed E-state index contributed by atoms with van der Waals surface area (Å²) < 4.78 is 0. The van der Waals surface area contributed by atoms with Gasteiger partial charge >= 0.3 is 0 Å². The number of nitrogens with zero attached hydrogens (tertiary/aromatic N) is 1. The molecular weight excluding hydrogens is 222 g/mol. The van der Waals surface area contributed by atoms with E-state index in [9.17, 15) is 0 Å². The fourth-order valence-electron chi connectivity index (χ4n) is 2.55. The summed E-state index contributed by atoms with van der Waals surface area (Å²) in [6.07, 6.45) is 7.81. The second-order valence-corrected chi connectivity index (χ2v) is 4.38. The molecule has 2 aromatic carbocycles. The molecule has 0 aliphatic carbocycles. The Bertz CT molecular complexity index is 809. The van der Waals surface area contributed by atoms with Gasteiger partial charge in [-0.15, -0.1) is 0 Å². The SMILES string of the molecule is C1=Cc2c(ccc3ccc4[nH]ccc4c23)NN=C1. The van der Waals surface area contributed by atoms with Crippen LogP contribution < -0.4 is 5.43 Å². The first kappa shape index (κ1) is 9.48. The molecule has 0 spiro atoms. The lowest BCUT2D eigenvalue weighted by molar-refractivity contribution is 1.36. The minimum Gasteiger partial charge on any atom is -0.361 e. The van der Waals surface area contributed by atoms with E-state index in [1.807, 2.05) is 12.3 Å². The number of nitrogens with one attached hydrogen (secondary N) is 2. The maximum absolute atomic E-state index is 4.12. The van der Waals surface area contributed by atoms with Gasteiger partial charge in [-0.3, -0.25) is 5.43 Å². The Morgan fingerprint density at radius 1 is 1.00 bits per heavy atom. The van der Waals surface area contributed by atoms with E-state index in [-0.39, 0.29) is 0 Å². The van der Waals surface area contributed by atoms with Crippen LogP contribution >= 0.6 is 0 Å². The average Bonchev–Trinajstić information content (AvgIpc) is 2.75. The van der Waals surface area contributed by atoms with Gasteiger partial charge in [0.15, 0.2) is 0 Å². The average molecular weight is 233 g/mol. The summed E-state index contributed by atoms with van der Waals surface area (Å²) in [5, 5.41) is 7.87. The van der Waals surface area contributed by atoms with Crippen LogP contribution in [0.3, 0.4) is 0 Å². The lowest BCUT2D eigenvalue weighted by atomic mass is 9.99. The third kappa shape index (κ3) is 1.21. The number of rotatable bonds is 0. The molecule has 2 heterocycles. The number of aromatic nitrogens is 1. The molecule has 0 amide bonds. The highest BCUT2D eigenvalue weighted by atomic mass is 15.3. The number of allylic oxidation sites excluding steroid dienone is 1. The lowest BCUT2D eigenvalue weighted by Crippen LogP contribution is -1.91. The van der Waals surface area contributed by atoms with Crippen molar-refractivity contribution in [2.45, 2.75) is 0 Å². The summed E-state index contributed by atoms with van der Waals surface area (Å²) in [4.78, 5) is 3.26. The van der Waals surface area contributed by atoms with Crippen LogP contribution in [0.5, 0.6) is 0 Å². The van der Waals surface area contributed by atoms with Gasteiger partial charge in [0.1, 0.15) is 0 Å². The van der Waals surface area contributed by atoms with E-state index in [0.717, 1.165) is 11.2 Å². The number of hydrazone groups is 1. The maximum atomic E-state index is 4.12. The molecule has 0 saturated carbocycles. The smallest absolute Gasteiger partial charge is 0.0640 e. The third-order valence-corrected chi connectivity index (χ3v) is 3.36. The number of aromatic amines is 1. The summed E-state index contributed by atoms with van der Waals surface area (Å²) in [6, 6.07) is 10.6. The highest BCUT2D eigenvalue weighted by molar-refractivity contribution is 6.13. The van der Waals surface area contributed by atoms with Gasteiger partial charge in [-0.1, -0.05) is 18.2 Å². The Hall–Kier alpha value is -2.55. The summed E-state index contributed by atoms with van der Waals surface area (Å²) in [5.74, 6) is 0. The van der Waals surface area contributed by atoms with E-state index < -0.39 is 0 Å². The van der Waals surface area contributed by atoms with E-state index >= 15 is 0 Å². The van der Waals surface area contributed by atoms with Crippen molar-refractivity contribution in [1.82, 2.24) is 4.98 Å². The van der Waals surface area contributed by atoms with Gasteiger partial charge in [-0.05, 0) is 29.7 Å². The molecule has 3 heteroatoms. The van der Waals surface area contributed by atoms with Gasteiger partial charge in [0.25, 0.3) is 0 Å². The Morgan fingerprint density at radius 2 is 1.94 bits per heavy atom. The van der Waals surface area contributed by atoms with E-state index in [1.165, 1.54) is 21.7 Å². The molecule has 0 fully saturated rings. The van der Waals surface area contributed by atoms with Crippen molar-refractivity contribution in [3.05, 3.63) is 48.2 Å². The van der Waals surface area contributed by atoms with Gasteiger partial charge in [0, 0.05) is 34.3 Å². The molecule has 18 heavy (non-hydrogen) atoms. The van der Waals surface area contributed by atoms with Crippen LogP contribution in [0.1, 0.15) is 5.56 Å². The van der Waals surface area contributed by atoms with Crippen LogP contribution in [0.2, 0.25) is 0 Å². The van der Waals surface area contributed by atoms with Crippen LogP contribution in [0.15, 0.2) is 47.7 Å². The van der Waals surface area contributed by atoms with Gasteiger partial charge in [0.2, 0.25) is 0 Å². The van der Waals surface area contributed by atoms with Gasteiger partial charge in [-0.25, -0.2) is 0 Å². The number of hydrogen-bond acceptors (Lipinski definition) is 2. The molecule has 0 radical (unpaired) electrons. The van der Waals surface area contributed by atoms with Crippen molar-refractivity contribution in [2.24, 2.45) is 5.10 Å². The van der Waals surface area contributed by atoms with Crippen LogP contribution in [0.25, 0.3) is 27.8 Å². The van der Waals surface area contributed by atoms with Crippen LogP contribution in [0, 0.1) is 0 Å². The van der Waals surface area contributed by atoms with E-state index in [4.69, 9.17) is 0 Å². The normalized spacial score (nSPS) is 13.6. The van der Waals surface area contributed by atoms with E-state index in [2.05, 4.69) is 51.9 Å². The quantitative estimate of drug-likeness (QED) is 0.610. The molecular formula is C15H11N3. The number of benzene rings is 2. The Balaban J connectivity index is 2.23. The highest BCUT2D eigenvalue weighted by Gasteiger charge is 2.09. The second-order valence-electron chi connectivity index (χ2n) is 4.38. The largest absolute Gasteiger partial charge is 0.361 e. The molecule has 1 aliphatic rings. The molecule has 3 nitrogen and oxygen atoms in total. The second kappa shape index (κ2) is 3.47. The fraction of sp³-hybridized carbons (Fsp3) is 0. The molecule has 0 unspecified atom stereocenters. The first-order chi connectivity index (χ1) is 8.93. The molecule has 2 N–H and O–H groups in total. The molecule has 0 atom stereocenters. The molecule has 1 aliphatic heterocycles. The summed E-state index contributed by atoms with van der Waals surface area (Å²) in [6.45, 7) is 0. The first-order valence-corrected chi connectivity index (χ1v) is 5.92. The number of hydrogen-bond donors (Lipinski definition) is 2. The zero-order valence-electron chi connectivity index (χ0n) is 9.64. The monoisotopic (exact) mass is 233 g/mol. The predicted molar refractivity (Wildman–Crippen MR) is 77.0 cm³/mol. The third-order valence-electron chi connectivity index (χ3n) is 3.36. The standard InChI is InChI=1S/C15H11N3/c1-2-11-14(18-17-8-1)6-4-10-3-5-13-12(15(10)11)7-9-16-13/h1-9,16,18H. The Labute approximate surface area is 104 Å². The summed E-state index contributed by atoms with van der Waals surface area (Å²) >= 11 is 0. The van der Waals surface area contributed by atoms with Crippen molar-refractivity contribution in [3.63, 3.8) is 0 Å². The van der Waals surface area contributed by atoms with Crippen molar-refractivity contribution in [1.29, 1.82) is 0 Å². The van der Waals surface area contributed by atoms with Crippen molar-refractivity contribution < 1.29 is 0 Å². The fourth-order valence-corrected chi connectivity index (χ4v) is 2.55. The number of H-pyrrole nitrogens is 1. The zero-order valence-corrected chi connectivity index (χ0v) is 9.64.